The Labute approximate surface area is 66.5 Å². The minimum Gasteiger partial charge on any atom is -0.284 e. The molecule has 6 nitrogen and oxygen atoms in total. The van der Waals surface area contributed by atoms with Crippen LogP contribution >= 0.6 is 0 Å². The fourth-order valence-corrected chi connectivity index (χ4v) is 1.17. The molecule has 0 amide bonds. The van der Waals surface area contributed by atoms with Gasteiger partial charge in [-0.25, -0.2) is 9.50 Å². The van der Waals surface area contributed by atoms with Crippen molar-refractivity contribution in [1.29, 1.82) is 0 Å². The molecule has 0 spiro atoms. The van der Waals surface area contributed by atoms with Gasteiger partial charge in [0.15, 0.2) is 0 Å². The zero-order chi connectivity index (χ0) is 7.97. The number of hydrogen-bond donors (Lipinski definition) is 0. The highest BCUT2D eigenvalue weighted by molar-refractivity contribution is 5.64. The van der Waals surface area contributed by atoms with E-state index >= 15 is 0 Å². The third kappa shape index (κ3) is 0.541. The minimum atomic E-state index is 0.718. The van der Waals surface area contributed by atoms with Crippen LogP contribution in [0.3, 0.4) is 0 Å². The first kappa shape index (κ1) is 5.64. The number of rotatable bonds is 0. The molecule has 0 saturated heterocycles. The molecular formula is C6H4N6. The zero-order valence-electron chi connectivity index (χ0n) is 5.99. The first-order valence-electron chi connectivity index (χ1n) is 3.43. The summed E-state index contributed by atoms with van der Waals surface area (Å²) in [4.78, 5) is 4.05. The first-order valence-corrected chi connectivity index (χ1v) is 3.43. The molecule has 3 rings (SSSR count). The molecule has 0 radical (unpaired) electrons. The molecule has 0 saturated carbocycles. The first-order chi connectivity index (χ1) is 5.95. The molecule has 0 aromatic carbocycles. The molecule has 0 unspecified atom stereocenters. The van der Waals surface area contributed by atoms with Crippen molar-refractivity contribution in [1.82, 2.24) is 29.2 Å². The Hall–Kier alpha value is -1.98. The van der Waals surface area contributed by atoms with Gasteiger partial charge >= 0.3 is 0 Å². The Morgan fingerprint density at radius 1 is 1.17 bits per heavy atom. The lowest BCUT2D eigenvalue weighted by molar-refractivity contribution is 0.940. The predicted octanol–water partition coefficient (Wildman–Crippen LogP) is -0.228. The summed E-state index contributed by atoms with van der Waals surface area (Å²) < 4.78 is 3.45. The van der Waals surface area contributed by atoms with Gasteiger partial charge in [0.25, 0.3) is 0 Å². The topological polar surface area (TPSA) is 60.4 Å². The number of aromatic nitrogens is 6. The second-order valence-electron chi connectivity index (χ2n) is 2.39. The third-order valence-corrected chi connectivity index (χ3v) is 1.71. The van der Waals surface area contributed by atoms with Crippen molar-refractivity contribution in [2.45, 2.75) is 0 Å². The SMILES string of the molecule is c1nc2c3nncn3ccn2n1. The molecule has 3 heterocycles. The Morgan fingerprint density at radius 2 is 2.17 bits per heavy atom. The van der Waals surface area contributed by atoms with Crippen LogP contribution in [0.1, 0.15) is 0 Å². The van der Waals surface area contributed by atoms with E-state index in [1.54, 1.807) is 21.4 Å². The average molecular weight is 160 g/mol. The summed E-state index contributed by atoms with van der Waals surface area (Å²) in [5.74, 6) is 0. The summed E-state index contributed by atoms with van der Waals surface area (Å²) in [6.45, 7) is 0. The number of hydrogen-bond acceptors (Lipinski definition) is 4. The van der Waals surface area contributed by atoms with Crippen molar-refractivity contribution in [2.24, 2.45) is 0 Å². The monoisotopic (exact) mass is 160 g/mol. The van der Waals surface area contributed by atoms with Crippen LogP contribution in [0.25, 0.3) is 11.3 Å². The standard InChI is InChI=1S/C6H4N6/c1-2-12-5(7-3-9-12)6-10-8-4-11(1)6/h1-4H. The van der Waals surface area contributed by atoms with Crippen molar-refractivity contribution in [2.75, 3.05) is 0 Å². The van der Waals surface area contributed by atoms with Crippen LogP contribution in [0.4, 0.5) is 0 Å². The van der Waals surface area contributed by atoms with Crippen molar-refractivity contribution >= 4 is 11.3 Å². The second kappa shape index (κ2) is 1.79. The maximum Gasteiger partial charge on any atom is 0.205 e. The van der Waals surface area contributed by atoms with Crippen LogP contribution in [-0.2, 0) is 0 Å². The Balaban J connectivity index is 2.71. The van der Waals surface area contributed by atoms with Gasteiger partial charge in [-0.1, -0.05) is 0 Å². The van der Waals surface area contributed by atoms with Gasteiger partial charge in [-0.05, 0) is 0 Å². The normalized spacial score (nSPS) is 11.3. The van der Waals surface area contributed by atoms with Gasteiger partial charge in [-0.15, -0.1) is 10.2 Å². The van der Waals surface area contributed by atoms with E-state index in [1.165, 1.54) is 6.33 Å². The third-order valence-electron chi connectivity index (χ3n) is 1.71. The van der Waals surface area contributed by atoms with E-state index < -0.39 is 0 Å². The molecule has 0 aliphatic rings. The molecule has 0 bridgehead atoms. The summed E-state index contributed by atoms with van der Waals surface area (Å²) in [6, 6.07) is 0. The summed E-state index contributed by atoms with van der Waals surface area (Å²) in [5, 5.41) is 11.6. The van der Waals surface area contributed by atoms with Gasteiger partial charge in [0.1, 0.15) is 12.7 Å². The van der Waals surface area contributed by atoms with Crippen LogP contribution in [0, 0.1) is 0 Å². The van der Waals surface area contributed by atoms with Crippen molar-refractivity contribution < 1.29 is 0 Å². The van der Waals surface area contributed by atoms with Crippen molar-refractivity contribution in [3.8, 4) is 0 Å². The lowest BCUT2D eigenvalue weighted by atomic mass is 10.6. The van der Waals surface area contributed by atoms with Gasteiger partial charge in [0.2, 0.25) is 11.3 Å². The van der Waals surface area contributed by atoms with Gasteiger partial charge < -0.3 is 0 Å². The summed E-state index contributed by atoms with van der Waals surface area (Å²) in [7, 11) is 0. The number of nitrogens with zero attached hydrogens (tertiary/aromatic N) is 6. The lowest BCUT2D eigenvalue weighted by Crippen LogP contribution is -1.91. The molecule has 0 atom stereocenters. The second-order valence-corrected chi connectivity index (χ2v) is 2.39. The molecule has 0 aliphatic heterocycles. The Kier molecular flexibility index (Phi) is 0.840. The summed E-state index contributed by atoms with van der Waals surface area (Å²) >= 11 is 0. The fourth-order valence-electron chi connectivity index (χ4n) is 1.17. The Morgan fingerprint density at radius 3 is 3.17 bits per heavy atom. The zero-order valence-corrected chi connectivity index (χ0v) is 5.99. The predicted molar refractivity (Wildman–Crippen MR) is 39.5 cm³/mol. The summed E-state index contributed by atoms with van der Waals surface area (Å²) in [6.07, 6.45) is 6.75. The lowest BCUT2D eigenvalue weighted by Gasteiger charge is -1.91. The van der Waals surface area contributed by atoms with Gasteiger partial charge in [0.05, 0.1) is 0 Å². The van der Waals surface area contributed by atoms with Gasteiger partial charge in [-0.2, -0.15) is 5.10 Å². The van der Waals surface area contributed by atoms with E-state index in [0.717, 1.165) is 11.3 Å². The van der Waals surface area contributed by atoms with Gasteiger partial charge in [-0.3, -0.25) is 4.40 Å². The summed E-state index contributed by atoms with van der Waals surface area (Å²) in [5.41, 5.74) is 1.44. The van der Waals surface area contributed by atoms with E-state index in [0.29, 0.717) is 0 Å². The molecule has 0 aliphatic carbocycles. The fraction of sp³-hybridized carbons (Fsp3) is 0. The molecule has 58 valence electrons. The van der Waals surface area contributed by atoms with Crippen LogP contribution in [0.5, 0.6) is 0 Å². The van der Waals surface area contributed by atoms with Crippen LogP contribution in [0.15, 0.2) is 25.0 Å². The highest BCUT2D eigenvalue weighted by Gasteiger charge is 2.02. The maximum absolute atomic E-state index is 4.05. The van der Waals surface area contributed by atoms with E-state index in [9.17, 15) is 0 Å². The molecule has 0 fully saturated rings. The molecule has 12 heavy (non-hydrogen) atoms. The minimum absolute atomic E-state index is 0.718. The van der Waals surface area contributed by atoms with E-state index in [1.807, 2.05) is 6.20 Å². The average Bonchev–Trinajstić information content (AvgIpc) is 2.71. The smallest absolute Gasteiger partial charge is 0.205 e. The Bertz CT molecular complexity index is 485. The highest BCUT2D eigenvalue weighted by Crippen LogP contribution is 2.03. The number of fused-ring (bicyclic) bond motifs is 3. The molecule has 3 aromatic rings. The van der Waals surface area contributed by atoms with Crippen LogP contribution in [-0.4, -0.2) is 29.2 Å². The maximum atomic E-state index is 4.05. The molecular weight excluding hydrogens is 156 g/mol. The molecule has 0 N–H and O–H groups in total. The highest BCUT2D eigenvalue weighted by atomic mass is 15.3. The van der Waals surface area contributed by atoms with E-state index in [4.69, 9.17) is 0 Å². The van der Waals surface area contributed by atoms with Gasteiger partial charge in [0, 0.05) is 12.4 Å². The molecule has 6 heteroatoms. The molecule has 3 aromatic heterocycles. The quantitative estimate of drug-likeness (QED) is 0.456. The van der Waals surface area contributed by atoms with Crippen molar-refractivity contribution in [3.05, 3.63) is 25.0 Å². The van der Waals surface area contributed by atoms with Crippen molar-refractivity contribution in [3.63, 3.8) is 0 Å². The largest absolute Gasteiger partial charge is 0.284 e. The van der Waals surface area contributed by atoms with E-state index in [2.05, 4.69) is 20.3 Å². The van der Waals surface area contributed by atoms with Crippen LogP contribution in [0.2, 0.25) is 0 Å². The van der Waals surface area contributed by atoms with E-state index in [-0.39, 0.29) is 0 Å². The van der Waals surface area contributed by atoms with Crippen LogP contribution < -0.4 is 0 Å².